The van der Waals surface area contributed by atoms with Gasteiger partial charge in [0.05, 0.1) is 23.7 Å². The van der Waals surface area contributed by atoms with E-state index in [1.807, 2.05) is 18.7 Å². The highest BCUT2D eigenvalue weighted by molar-refractivity contribution is 6.13. The van der Waals surface area contributed by atoms with E-state index < -0.39 is 52.6 Å². The van der Waals surface area contributed by atoms with E-state index in [1.165, 1.54) is 14.0 Å². The Kier molecular flexibility index (Phi) is 6.07. The van der Waals surface area contributed by atoms with Gasteiger partial charge in [-0.15, -0.1) is 0 Å². The SMILES string of the molecule is COC[C@H]1OC(=O)/C(=C/N2CCCC2)C2=C(O)C(=O)C3=C([C@H](OC(C)=O)CC4(C)C(O)CC[C@@H]34)C21C. The van der Waals surface area contributed by atoms with Crippen molar-refractivity contribution >= 4 is 17.7 Å². The van der Waals surface area contributed by atoms with Gasteiger partial charge in [0.1, 0.15) is 12.2 Å². The van der Waals surface area contributed by atoms with Gasteiger partial charge in [0.15, 0.2) is 5.76 Å². The molecule has 5 aliphatic rings. The number of fused-ring (bicyclic) bond motifs is 4. The third-order valence-corrected chi connectivity index (χ3v) is 9.11. The lowest BCUT2D eigenvalue weighted by Crippen LogP contribution is -2.57. The summed E-state index contributed by atoms with van der Waals surface area (Å²) in [4.78, 5) is 41.4. The molecule has 0 spiro atoms. The average Bonchev–Trinajstić information content (AvgIpc) is 3.42. The maximum Gasteiger partial charge on any atom is 0.340 e. The van der Waals surface area contributed by atoms with Gasteiger partial charge in [-0.25, -0.2) is 4.79 Å². The lowest BCUT2D eigenvalue weighted by atomic mass is 9.53. The first kappa shape index (κ1) is 25.0. The van der Waals surface area contributed by atoms with Crippen LogP contribution in [0.2, 0.25) is 0 Å². The predicted molar refractivity (Wildman–Crippen MR) is 127 cm³/mol. The second-order valence-electron chi connectivity index (χ2n) is 11.2. The van der Waals surface area contributed by atoms with Gasteiger partial charge in [0, 0.05) is 49.9 Å². The molecular weight excluding hydrogens is 466 g/mol. The van der Waals surface area contributed by atoms with Crippen LogP contribution < -0.4 is 0 Å². The Balaban J connectivity index is 1.76. The largest absolute Gasteiger partial charge is 0.504 e. The van der Waals surface area contributed by atoms with Crippen LogP contribution in [0.4, 0.5) is 0 Å². The van der Waals surface area contributed by atoms with E-state index in [9.17, 15) is 24.6 Å². The number of hydrogen-bond donors (Lipinski definition) is 2. The maximum absolute atomic E-state index is 13.9. The van der Waals surface area contributed by atoms with Crippen molar-refractivity contribution in [2.45, 2.75) is 71.2 Å². The van der Waals surface area contributed by atoms with Gasteiger partial charge in [-0.05, 0) is 50.5 Å². The van der Waals surface area contributed by atoms with Gasteiger partial charge in [0.2, 0.25) is 5.78 Å². The summed E-state index contributed by atoms with van der Waals surface area (Å²) in [5, 5.41) is 22.4. The Morgan fingerprint density at radius 2 is 1.92 bits per heavy atom. The van der Waals surface area contributed by atoms with Crippen molar-refractivity contribution in [1.82, 2.24) is 4.90 Å². The Morgan fingerprint density at radius 3 is 2.56 bits per heavy atom. The van der Waals surface area contributed by atoms with Crippen LogP contribution in [0.25, 0.3) is 0 Å². The quantitative estimate of drug-likeness (QED) is 0.441. The first-order chi connectivity index (χ1) is 17.0. The van der Waals surface area contributed by atoms with Crippen LogP contribution in [0.15, 0.2) is 34.3 Å². The summed E-state index contributed by atoms with van der Waals surface area (Å²) in [5.41, 5.74) is -0.596. The van der Waals surface area contributed by atoms with Gasteiger partial charge in [-0.1, -0.05) is 6.92 Å². The highest BCUT2D eigenvalue weighted by Crippen LogP contribution is 2.63. The monoisotopic (exact) mass is 501 g/mol. The van der Waals surface area contributed by atoms with E-state index in [0.717, 1.165) is 25.9 Å². The van der Waals surface area contributed by atoms with Crippen molar-refractivity contribution in [3.8, 4) is 0 Å². The first-order valence-corrected chi connectivity index (χ1v) is 12.8. The molecular formula is C27H35NO8. The molecule has 5 rings (SSSR count). The Hall–Kier alpha value is -2.65. The fourth-order valence-corrected chi connectivity index (χ4v) is 7.33. The lowest BCUT2D eigenvalue weighted by Gasteiger charge is -2.54. The number of nitrogens with zero attached hydrogens (tertiary/aromatic N) is 1. The molecule has 0 radical (unpaired) electrons. The average molecular weight is 502 g/mol. The normalized spacial score (nSPS) is 39.2. The number of carbonyl (C=O) groups is 3. The molecule has 0 aromatic carbocycles. The number of aliphatic hydroxyl groups excluding tert-OH is 2. The minimum absolute atomic E-state index is 0.0261. The third-order valence-electron chi connectivity index (χ3n) is 9.11. The zero-order valence-electron chi connectivity index (χ0n) is 21.3. The van der Waals surface area contributed by atoms with Crippen LogP contribution in [0.1, 0.15) is 52.9 Å². The summed E-state index contributed by atoms with van der Waals surface area (Å²) in [6, 6.07) is 0. The van der Waals surface area contributed by atoms with Crippen molar-refractivity contribution in [3.63, 3.8) is 0 Å². The van der Waals surface area contributed by atoms with Gasteiger partial charge < -0.3 is 29.3 Å². The summed E-state index contributed by atoms with van der Waals surface area (Å²) >= 11 is 0. The number of aliphatic hydroxyl groups is 2. The summed E-state index contributed by atoms with van der Waals surface area (Å²) in [6.45, 7) is 6.61. The molecule has 0 bridgehead atoms. The molecule has 2 saturated heterocycles. The summed E-state index contributed by atoms with van der Waals surface area (Å²) in [5.74, 6) is -2.51. The van der Waals surface area contributed by atoms with Gasteiger partial charge in [0.25, 0.3) is 0 Å². The molecule has 3 fully saturated rings. The number of ketones is 1. The lowest BCUT2D eigenvalue weighted by molar-refractivity contribution is -0.161. The number of ether oxygens (including phenoxy) is 3. The minimum atomic E-state index is -1.17. The second kappa shape index (κ2) is 8.73. The molecule has 36 heavy (non-hydrogen) atoms. The van der Waals surface area contributed by atoms with Crippen molar-refractivity contribution in [1.29, 1.82) is 0 Å². The van der Waals surface area contributed by atoms with Crippen molar-refractivity contribution < 1.29 is 38.8 Å². The molecule has 0 aromatic rings. The zero-order chi connectivity index (χ0) is 26.0. The predicted octanol–water partition coefficient (Wildman–Crippen LogP) is 2.35. The molecule has 3 unspecified atom stereocenters. The Labute approximate surface area is 210 Å². The molecule has 9 heteroatoms. The van der Waals surface area contributed by atoms with Crippen molar-refractivity contribution in [2.75, 3.05) is 26.8 Å². The van der Waals surface area contributed by atoms with E-state index in [-0.39, 0.29) is 23.7 Å². The minimum Gasteiger partial charge on any atom is -0.504 e. The summed E-state index contributed by atoms with van der Waals surface area (Å²) < 4.78 is 17.2. The number of likely N-dealkylation sites (tertiary alicyclic amines) is 1. The van der Waals surface area contributed by atoms with E-state index in [1.54, 1.807) is 6.20 Å². The first-order valence-electron chi connectivity index (χ1n) is 12.8. The third kappa shape index (κ3) is 3.46. The number of methoxy groups -OCH3 is 1. The molecule has 2 heterocycles. The molecule has 6 atom stereocenters. The fraction of sp³-hybridized carbons (Fsp3) is 0.667. The van der Waals surface area contributed by atoms with E-state index in [0.29, 0.717) is 30.4 Å². The van der Waals surface area contributed by atoms with E-state index in [2.05, 4.69) is 0 Å². The molecule has 2 N–H and O–H groups in total. The standard InChI is InChI=1S/C27H35NO8/c1-14(29)35-17-11-26(2)16(7-8-18(26)30)20-22(17)27(3)19(13-34-4)36-25(33)15(12-28-9-5-6-10-28)21(27)24(32)23(20)31/h12,16-19,30,32H,5-11,13H2,1-4H3/b15-12+/t16-,17+,18?,19+,26?,27?/m0/s1. The van der Waals surface area contributed by atoms with Crippen LogP contribution in [-0.4, -0.2) is 78.0 Å². The number of hydrogen-bond acceptors (Lipinski definition) is 9. The molecule has 2 aliphatic heterocycles. The topological polar surface area (TPSA) is 123 Å². The number of rotatable bonds is 4. The van der Waals surface area contributed by atoms with Crippen LogP contribution in [0, 0.1) is 16.7 Å². The highest BCUT2D eigenvalue weighted by atomic mass is 16.6. The number of Topliss-reactive ketones (excluding diaryl/α,β-unsaturated/α-hetero) is 1. The summed E-state index contributed by atoms with van der Waals surface area (Å²) in [6.07, 6.45) is 2.70. The Morgan fingerprint density at radius 1 is 1.22 bits per heavy atom. The molecule has 1 saturated carbocycles. The van der Waals surface area contributed by atoms with Crippen molar-refractivity contribution in [2.24, 2.45) is 16.7 Å². The number of carbonyl (C=O) groups excluding carboxylic acids is 3. The van der Waals surface area contributed by atoms with Gasteiger partial charge in [-0.2, -0.15) is 0 Å². The summed E-state index contributed by atoms with van der Waals surface area (Å²) in [7, 11) is 1.49. The maximum atomic E-state index is 13.9. The fourth-order valence-electron chi connectivity index (χ4n) is 7.33. The smallest absolute Gasteiger partial charge is 0.340 e. The van der Waals surface area contributed by atoms with Crippen LogP contribution >= 0.6 is 0 Å². The highest BCUT2D eigenvalue weighted by Gasteiger charge is 2.64. The number of allylic oxidation sites excluding steroid dienone is 1. The molecule has 196 valence electrons. The van der Waals surface area contributed by atoms with E-state index >= 15 is 0 Å². The molecule has 0 aromatic heterocycles. The number of cyclic esters (lactones) is 1. The van der Waals surface area contributed by atoms with Crippen molar-refractivity contribution in [3.05, 3.63) is 34.3 Å². The molecule has 3 aliphatic carbocycles. The van der Waals surface area contributed by atoms with Gasteiger partial charge >= 0.3 is 11.9 Å². The zero-order valence-corrected chi connectivity index (χ0v) is 21.3. The second-order valence-corrected chi connectivity index (χ2v) is 11.2. The van der Waals surface area contributed by atoms with Crippen LogP contribution in [-0.2, 0) is 28.6 Å². The number of esters is 2. The van der Waals surface area contributed by atoms with Gasteiger partial charge in [-0.3, -0.25) is 9.59 Å². The molecule has 0 amide bonds. The molecule has 9 nitrogen and oxygen atoms in total. The van der Waals surface area contributed by atoms with Crippen LogP contribution in [0.5, 0.6) is 0 Å². The Bertz CT molecular complexity index is 1100. The van der Waals surface area contributed by atoms with Crippen LogP contribution in [0.3, 0.4) is 0 Å². The van der Waals surface area contributed by atoms with E-state index in [4.69, 9.17) is 14.2 Å².